The van der Waals surface area contributed by atoms with Crippen LogP contribution >= 0.6 is 11.8 Å². The highest BCUT2D eigenvalue weighted by Gasteiger charge is 2.45. The van der Waals surface area contributed by atoms with Crippen LogP contribution in [0.1, 0.15) is 142 Å². The van der Waals surface area contributed by atoms with E-state index in [4.69, 9.17) is 37.5 Å². The van der Waals surface area contributed by atoms with Crippen molar-refractivity contribution in [1.82, 2.24) is 88.7 Å². The first-order chi connectivity index (χ1) is 67.3. The number of ether oxygens (including phenoxy) is 2. The van der Waals surface area contributed by atoms with Crippen LogP contribution in [0.5, 0.6) is 0 Å². The fourth-order valence-electron chi connectivity index (χ4n) is 17.5. The molecule has 0 unspecified atom stereocenters. The maximum atomic E-state index is 15.8. The monoisotopic (exact) mass is 1980 g/mol. The van der Waals surface area contributed by atoms with Crippen molar-refractivity contribution in [3.63, 3.8) is 0 Å². The number of morpholine rings is 1. The van der Waals surface area contributed by atoms with Gasteiger partial charge in [0, 0.05) is 97.6 Å². The molecular weight excluding hydrogens is 1840 g/mol. The second kappa shape index (κ2) is 55.7. The van der Waals surface area contributed by atoms with Crippen molar-refractivity contribution in [3.8, 4) is 22.3 Å². The summed E-state index contributed by atoms with van der Waals surface area (Å²) in [6, 6.07) is 14.9. The van der Waals surface area contributed by atoms with E-state index in [9.17, 15) is 67.4 Å². The maximum Gasteiger partial charge on any atom is 0.305 e. The van der Waals surface area contributed by atoms with E-state index in [1.807, 2.05) is 71.6 Å². The number of thioether (sulfide) groups is 1. The number of ketones is 1. The first-order valence-corrected chi connectivity index (χ1v) is 49.5. The fourth-order valence-corrected chi connectivity index (χ4v) is 18.5. The number of primary amides is 1. The van der Waals surface area contributed by atoms with Crippen LogP contribution < -0.4 is 86.3 Å². The first-order valence-electron chi connectivity index (χ1n) is 48.4. The van der Waals surface area contributed by atoms with Crippen LogP contribution in [0.3, 0.4) is 0 Å². The molecule has 42 nitrogen and oxygen atoms in total. The molecular formula is C98H140N22O20S. The predicted octanol–water partition coefficient (Wildman–Crippen LogP) is -0.690. The zero-order valence-corrected chi connectivity index (χ0v) is 82.1. The number of benzene rings is 4. The lowest BCUT2D eigenvalue weighted by Gasteiger charge is -2.33. The Morgan fingerprint density at radius 3 is 1.60 bits per heavy atom. The van der Waals surface area contributed by atoms with E-state index in [2.05, 4.69) is 69.1 Å². The number of fused-ring (bicyclic) bond motifs is 2. The highest BCUT2D eigenvalue weighted by Crippen LogP contribution is 2.28. The van der Waals surface area contributed by atoms with Crippen molar-refractivity contribution in [1.29, 1.82) is 10.8 Å². The van der Waals surface area contributed by atoms with Gasteiger partial charge in [-0.05, 0) is 133 Å². The number of carboxylic acid groups (broad SMARTS) is 1. The van der Waals surface area contributed by atoms with Crippen molar-refractivity contribution in [2.75, 3.05) is 110 Å². The van der Waals surface area contributed by atoms with Gasteiger partial charge in [-0.3, -0.25) is 97.2 Å². The molecule has 4 aromatic rings. The quantitative estimate of drug-likeness (QED) is 0.0182. The molecule has 5 aliphatic heterocycles. The molecule has 5 saturated heterocycles. The minimum atomic E-state index is -1.93. The zero-order chi connectivity index (χ0) is 103. The maximum absolute atomic E-state index is 15.8. The van der Waals surface area contributed by atoms with Gasteiger partial charge in [-0.1, -0.05) is 145 Å². The van der Waals surface area contributed by atoms with Crippen LogP contribution in [0.2, 0.25) is 0 Å². The standard InChI is InChI=1S/C98H140N22O20S/c1-57(2)44-71-78(121)49-68(86(128)107-52-79(99)122)55-141-56-81(124)108-75(53-118-38-42-140-43-39-118)91(133)112-72(46-60-24-28-65(29-25-60)64-17-9-8-10-18-64)89(131)114-74(47-61-26-30-66(31-27-61)67-19-11-16-63(45-67)48-80(123)106-51-62-32-40-139-41-33-62)95(137)117(7)54-82(125)119-36-14-22-76(119)92(134)113-73(50-83(126)127)90(132)109-70(21-13-35-105-98(102)103)88(130)116-85(59(5)6)96(138)120-37-15-23-77(120)93(135)115-84(58(3)4)94(136)110-69(87(129)111-71)20-12-34-104-97(100)101/h8-11,16-19,24-31,45,57-59,62,68-77,84-85H,12-15,20-23,32-44,46-56H2,1-7H3,(H2,99,122)(H,106,123)(H,107,128)(H,108,124)(H,109,132)(H,110,136)(H,111,129)(H,112,133)(H,113,134)(H,114,131)(H,115,135)(H,116,130)(H,126,127)(H4,100,101,104)(H4,102,103,105)/t68-,69-,70+,71-,72-,73-,74-,75-,76-,77-,84-,85-/m0/s1. The molecule has 141 heavy (non-hydrogen) atoms. The van der Waals surface area contributed by atoms with Gasteiger partial charge in [-0.2, -0.15) is 11.8 Å². The van der Waals surface area contributed by atoms with E-state index >= 15 is 19.2 Å². The van der Waals surface area contributed by atoms with Crippen LogP contribution in [0.25, 0.3) is 22.3 Å². The largest absolute Gasteiger partial charge is 0.481 e. The van der Waals surface area contributed by atoms with E-state index in [0.29, 0.717) is 49.9 Å². The van der Waals surface area contributed by atoms with Gasteiger partial charge in [0.1, 0.15) is 60.4 Å². The fraction of sp³-hybridized carbons (Fsp3) is 0.561. The number of Topliss-reactive ketones (excluding diaryl/α,β-unsaturated/α-hetero) is 1. The highest BCUT2D eigenvalue weighted by molar-refractivity contribution is 7.99. The van der Waals surface area contributed by atoms with E-state index < -0.39 is 222 Å². The number of nitrogens with two attached hydrogens (primary N) is 3. The van der Waals surface area contributed by atoms with Gasteiger partial charge < -0.3 is 116 Å². The number of nitrogens with one attached hydrogen (secondary N) is 15. The molecule has 0 bridgehead atoms. The molecule has 22 N–H and O–H groups in total. The number of hydrogen-bond donors (Lipinski definition) is 19. The van der Waals surface area contributed by atoms with Crippen LogP contribution in [-0.4, -0.2) is 314 Å². The number of aliphatic carboxylic acids is 1. The molecule has 4 aromatic carbocycles. The average molecular weight is 1980 g/mol. The zero-order valence-electron chi connectivity index (χ0n) is 81.3. The Morgan fingerprint density at radius 2 is 1.01 bits per heavy atom. The summed E-state index contributed by atoms with van der Waals surface area (Å²) in [5.41, 5.74) is 21.7. The normalized spacial score (nSPS) is 23.7. The summed E-state index contributed by atoms with van der Waals surface area (Å²) in [6.07, 6.45) is -0.0431. The summed E-state index contributed by atoms with van der Waals surface area (Å²) in [4.78, 5) is 253. The lowest BCUT2D eigenvalue weighted by molar-refractivity contribution is -0.145. The number of amides is 15. The van der Waals surface area contributed by atoms with E-state index in [0.717, 1.165) is 57.3 Å². The molecule has 15 amide bonds. The number of rotatable bonds is 29. The molecule has 5 aliphatic rings. The summed E-state index contributed by atoms with van der Waals surface area (Å²) in [5, 5.41) is 61.4. The van der Waals surface area contributed by atoms with Gasteiger partial charge in [0.2, 0.25) is 88.6 Å². The Morgan fingerprint density at radius 1 is 0.504 bits per heavy atom. The Kier molecular flexibility index (Phi) is 44.1. The van der Waals surface area contributed by atoms with Crippen molar-refractivity contribution in [2.45, 2.75) is 211 Å². The van der Waals surface area contributed by atoms with Crippen LogP contribution in [0.15, 0.2) is 103 Å². The number of carbonyl (C=O) groups excluding carboxylic acids is 16. The van der Waals surface area contributed by atoms with Gasteiger partial charge in [-0.25, -0.2) is 0 Å². The third kappa shape index (κ3) is 35.8. The minimum absolute atomic E-state index is 0.00895. The van der Waals surface area contributed by atoms with E-state index in [1.165, 1.54) is 16.8 Å². The Hall–Kier alpha value is -13.2. The number of guanidine groups is 2. The lowest BCUT2D eigenvalue weighted by Crippen LogP contribution is -2.61. The molecule has 0 spiro atoms. The summed E-state index contributed by atoms with van der Waals surface area (Å²) in [5.74, 6) is -18.9. The van der Waals surface area contributed by atoms with Crippen molar-refractivity contribution in [3.05, 3.63) is 120 Å². The molecule has 5 heterocycles. The smallest absolute Gasteiger partial charge is 0.305 e. The van der Waals surface area contributed by atoms with Crippen molar-refractivity contribution < 1.29 is 96.1 Å². The molecule has 0 radical (unpaired) electrons. The van der Waals surface area contributed by atoms with Gasteiger partial charge in [0.15, 0.2) is 17.7 Å². The first kappa shape index (κ1) is 111. The molecule has 768 valence electrons. The van der Waals surface area contributed by atoms with Crippen molar-refractivity contribution in [2.24, 2.45) is 46.8 Å². The van der Waals surface area contributed by atoms with Gasteiger partial charge in [0.25, 0.3) is 0 Å². The second-order valence-electron chi connectivity index (χ2n) is 37.7. The number of hydrogen-bond acceptors (Lipinski definition) is 23. The molecule has 0 aromatic heterocycles. The summed E-state index contributed by atoms with van der Waals surface area (Å²) in [6.45, 7) is 11.4. The lowest BCUT2D eigenvalue weighted by atomic mass is 9.93. The topological polar surface area (TPSA) is 624 Å². The molecule has 5 fully saturated rings. The molecule has 43 heteroatoms. The summed E-state index contributed by atoms with van der Waals surface area (Å²) < 4.78 is 11.2. The number of nitrogens with zero attached hydrogens (tertiary/aromatic N) is 4. The third-order valence-corrected chi connectivity index (χ3v) is 26.4. The SMILES string of the molecule is CC(C)C[C@@H]1NC(=O)[C@H](CCCNC(=N)N)NC(=O)[C@H](C(C)C)NC(=O)[C@@H]2CCCN2C(=O)[C@H](C(C)C)NC(=O)[C@@H](CCCNC(=N)N)NC(=O)[C@H](CC(=O)O)NC(=O)[C@@H]2CCCN2C(=O)CN(C)C(=O)[C@H](Cc2ccc(-c3cccc(CC(=O)NCC4CCOCC4)c3)cc2)NC(=O)[C@H](Cc2ccc(-c3ccccc3)cc2)NC(=O)[C@H](CN2CCOCC2)NC(=O)CSC[C@@H](C(=O)NCC(N)=O)CC1=O. The molecule has 9 rings (SSSR count). The summed E-state index contributed by atoms with van der Waals surface area (Å²) >= 11 is 0.888. The summed E-state index contributed by atoms with van der Waals surface area (Å²) in [7, 11) is 1.31. The van der Waals surface area contributed by atoms with Crippen LogP contribution in [0.4, 0.5) is 0 Å². The predicted molar refractivity (Wildman–Crippen MR) is 525 cm³/mol. The molecule has 12 atom stereocenters. The number of carboxylic acids is 1. The highest BCUT2D eigenvalue weighted by atomic mass is 32.2. The van der Waals surface area contributed by atoms with Crippen LogP contribution in [0, 0.1) is 40.4 Å². The van der Waals surface area contributed by atoms with Gasteiger partial charge in [-0.15, -0.1) is 0 Å². The third-order valence-electron chi connectivity index (χ3n) is 25.3. The Balaban J connectivity index is 1.09. The number of carbonyl (C=O) groups is 17. The molecule has 0 saturated carbocycles. The van der Waals surface area contributed by atoms with Gasteiger partial charge in [0.05, 0.1) is 56.9 Å². The molecule has 0 aliphatic carbocycles. The van der Waals surface area contributed by atoms with Crippen molar-refractivity contribution >= 4 is 124 Å². The van der Waals surface area contributed by atoms with E-state index in [-0.39, 0.29) is 141 Å². The average Bonchev–Trinajstić information content (AvgIpc) is 1.72. The van der Waals surface area contributed by atoms with Gasteiger partial charge >= 0.3 is 5.97 Å². The second-order valence-corrected chi connectivity index (χ2v) is 38.7. The number of likely N-dealkylation sites (N-methyl/N-ethyl adjacent to an activating group) is 1. The van der Waals surface area contributed by atoms with Crippen LogP contribution in [-0.2, 0) is 110 Å². The van der Waals surface area contributed by atoms with E-state index in [1.54, 1.807) is 77.9 Å². The minimum Gasteiger partial charge on any atom is -0.481 e. The Labute approximate surface area is 825 Å². The Bertz CT molecular complexity index is 5020.